The van der Waals surface area contributed by atoms with Gasteiger partial charge in [-0.3, -0.25) is 4.79 Å². The van der Waals surface area contributed by atoms with Gasteiger partial charge in [-0.1, -0.05) is 54.1 Å². The third-order valence-electron chi connectivity index (χ3n) is 4.59. The van der Waals surface area contributed by atoms with E-state index in [9.17, 15) is 18.3 Å². The first-order chi connectivity index (χ1) is 15.4. The molecule has 0 bridgehead atoms. The lowest BCUT2D eigenvalue weighted by atomic mass is 10.1. The monoisotopic (exact) mass is 471 g/mol. The zero-order valence-corrected chi connectivity index (χ0v) is 18.6. The van der Waals surface area contributed by atoms with Crippen molar-refractivity contribution in [2.75, 3.05) is 13.1 Å². The lowest BCUT2D eigenvalue weighted by Crippen LogP contribution is -2.40. The predicted octanol–water partition coefficient (Wildman–Crippen LogP) is 3.43. The van der Waals surface area contributed by atoms with Crippen molar-refractivity contribution >= 4 is 33.7 Å². The van der Waals surface area contributed by atoms with Gasteiger partial charge in [-0.2, -0.15) is 9.41 Å². The number of carbonyl (C=O) groups is 1. The number of hydrogen-bond donors (Lipinski definition) is 2. The Morgan fingerprint density at radius 2 is 1.66 bits per heavy atom. The summed E-state index contributed by atoms with van der Waals surface area (Å²) in [4.78, 5) is 12.5. The second-order valence-electron chi connectivity index (χ2n) is 6.88. The predicted molar refractivity (Wildman–Crippen MR) is 124 cm³/mol. The number of benzene rings is 3. The summed E-state index contributed by atoms with van der Waals surface area (Å²) in [5.74, 6) is -0.595. The number of phenolic OH excluding ortho intramolecular Hbond substituents is 1. The SMILES string of the molecule is O=C(CN(CCc1ccccc1)S(=O)(=O)c1ccc(Cl)cc1)N/N=C/c1ccccc1O. The van der Waals surface area contributed by atoms with Crippen molar-refractivity contribution in [3.63, 3.8) is 0 Å². The highest BCUT2D eigenvalue weighted by atomic mass is 35.5. The number of aromatic hydroxyl groups is 1. The van der Waals surface area contributed by atoms with Gasteiger partial charge in [0.05, 0.1) is 17.7 Å². The van der Waals surface area contributed by atoms with Crippen LogP contribution in [0, 0.1) is 0 Å². The van der Waals surface area contributed by atoms with E-state index in [4.69, 9.17) is 11.6 Å². The van der Waals surface area contributed by atoms with Crippen LogP contribution in [0.1, 0.15) is 11.1 Å². The zero-order valence-electron chi connectivity index (χ0n) is 17.1. The summed E-state index contributed by atoms with van der Waals surface area (Å²) < 4.78 is 27.4. The van der Waals surface area contributed by atoms with Gasteiger partial charge in [-0.25, -0.2) is 13.8 Å². The van der Waals surface area contributed by atoms with Crippen LogP contribution >= 0.6 is 11.6 Å². The molecule has 32 heavy (non-hydrogen) atoms. The molecule has 2 N–H and O–H groups in total. The molecule has 3 rings (SSSR count). The Kier molecular flexibility index (Phi) is 7.99. The van der Waals surface area contributed by atoms with Crippen LogP contribution < -0.4 is 5.43 Å². The molecule has 3 aromatic rings. The van der Waals surface area contributed by atoms with Crippen LogP contribution in [-0.4, -0.2) is 43.0 Å². The fraction of sp³-hybridized carbons (Fsp3) is 0.130. The minimum atomic E-state index is -3.94. The summed E-state index contributed by atoms with van der Waals surface area (Å²) in [6.45, 7) is -0.318. The zero-order chi connectivity index (χ0) is 23.0. The van der Waals surface area contributed by atoms with Gasteiger partial charge in [-0.05, 0) is 48.4 Å². The normalized spacial score (nSPS) is 11.7. The van der Waals surface area contributed by atoms with E-state index in [1.54, 1.807) is 18.2 Å². The van der Waals surface area contributed by atoms with Crippen molar-refractivity contribution in [3.05, 3.63) is 95.0 Å². The summed E-state index contributed by atoms with van der Waals surface area (Å²) in [5.41, 5.74) is 3.68. The van der Waals surface area contributed by atoms with Crippen molar-refractivity contribution in [3.8, 4) is 5.75 Å². The third kappa shape index (κ3) is 6.40. The molecule has 0 unspecified atom stereocenters. The van der Waals surface area contributed by atoms with E-state index in [1.807, 2.05) is 30.3 Å². The van der Waals surface area contributed by atoms with Gasteiger partial charge in [0.15, 0.2) is 0 Å². The molecule has 0 aliphatic rings. The molecule has 3 aromatic carbocycles. The molecule has 0 spiro atoms. The van der Waals surface area contributed by atoms with E-state index in [2.05, 4.69) is 10.5 Å². The summed E-state index contributed by atoms with van der Waals surface area (Å²) >= 11 is 5.88. The Bertz CT molecular complexity index is 1180. The van der Waals surface area contributed by atoms with E-state index < -0.39 is 22.5 Å². The number of carbonyl (C=O) groups excluding carboxylic acids is 1. The van der Waals surface area contributed by atoms with Gasteiger partial charge in [0.1, 0.15) is 5.75 Å². The molecule has 166 valence electrons. The van der Waals surface area contributed by atoms with Crippen molar-refractivity contribution in [2.24, 2.45) is 5.10 Å². The highest BCUT2D eigenvalue weighted by Gasteiger charge is 2.26. The molecule has 0 aliphatic carbocycles. The van der Waals surface area contributed by atoms with Crippen LogP contribution in [0.25, 0.3) is 0 Å². The van der Waals surface area contributed by atoms with E-state index in [1.165, 1.54) is 36.5 Å². The Balaban J connectivity index is 1.74. The third-order valence-corrected chi connectivity index (χ3v) is 6.71. The first kappa shape index (κ1) is 23.5. The molecule has 0 aromatic heterocycles. The number of halogens is 1. The Morgan fingerprint density at radius 1 is 1.00 bits per heavy atom. The molecular formula is C23H22ClN3O4S. The first-order valence-corrected chi connectivity index (χ1v) is 11.6. The van der Waals surface area contributed by atoms with Crippen LogP contribution in [0.3, 0.4) is 0 Å². The summed E-state index contributed by atoms with van der Waals surface area (Å²) in [7, 11) is -3.94. The molecule has 0 fully saturated rings. The topological polar surface area (TPSA) is 99.1 Å². The summed E-state index contributed by atoms with van der Waals surface area (Å²) in [5, 5.41) is 14.0. The average molecular weight is 472 g/mol. The van der Waals surface area contributed by atoms with Gasteiger partial charge < -0.3 is 5.11 Å². The number of para-hydroxylation sites is 1. The van der Waals surface area contributed by atoms with Crippen molar-refractivity contribution < 1.29 is 18.3 Å². The van der Waals surface area contributed by atoms with Crippen LogP contribution in [0.2, 0.25) is 5.02 Å². The molecule has 0 atom stereocenters. The standard InChI is InChI=1S/C23H22ClN3O4S/c24-20-10-12-21(13-11-20)32(30,31)27(15-14-18-6-2-1-3-7-18)17-23(29)26-25-16-19-8-4-5-9-22(19)28/h1-13,16,28H,14-15,17H2,(H,26,29)/b25-16+. The number of amides is 1. The lowest BCUT2D eigenvalue weighted by molar-refractivity contribution is -0.121. The smallest absolute Gasteiger partial charge is 0.255 e. The molecule has 0 heterocycles. The van der Waals surface area contributed by atoms with Crippen molar-refractivity contribution in [1.29, 1.82) is 0 Å². The van der Waals surface area contributed by atoms with Gasteiger partial charge >= 0.3 is 0 Å². The summed E-state index contributed by atoms with van der Waals surface area (Å²) in [6.07, 6.45) is 1.72. The number of phenols is 1. The van der Waals surface area contributed by atoms with Crippen LogP contribution in [0.4, 0.5) is 0 Å². The molecule has 0 saturated heterocycles. The molecule has 0 saturated carbocycles. The number of rotatable bonds is 9. The minimum absolute atomic E-state index is 0.0142. The lowest BCUT2D eigenvalue weighted by Gasteiger charge is -2.21. The first-order valence-electron chi connectivity index (χ1n) is 9.76. The number of hydrazone groups is 1. The Labute approximate surface area is 192 Å². The van der Waals surface area contributed by atoms with E-state index in [-0.39, 0.29) is 17.2 Å². The summed E-state index contributed by atoms with van der Waals surface area (Å²) in [6, 6.07) is 21.7. The molecular weight excluding hydrogens is 450 g/mol. The van der Waals surface area contributed by atoms with Gasteiger partial charge in [0.25, 0.3) is 5.91 Å². The van der Waals surface area contributed by atoms with Crippen molar-refractivity contribution in [1.82, 2.24) is 9.73 Å². The fourth-order valence-electron chi connectivity index (χ4n) is 2.90. The van der Waals surface area contributed by atoms with Gasteiger partial charge in [0.2, 0.25) is 10.0 Å². The van der Waals surface area contributed by atoms with Crippen molar-refractivity contribution in [2.45, 2.75) is 11.3 Å². The highest BCUT2D eigenvalue weighted by molar-refractivity contribution is 7.89. The maximum atomic E-state index is 13.2. The van der Waals surface area contributed by atoms with Crippen LogP contribution in [0.15, 0.2) is 88.9 Å². The molecule has 9 heteroatoms. The van der Waals surface area contributed by atoms with E-state index in [0.29, 0.717) is 17.0 Å². The number of nitrogens with one attached hydrogen (secondary N) is 1. The number of nitrogens with zero attached hydrogens (tertiary/aromatic N) is 2. The molecule has 0 radical (unpaired) electrons. The maximum Gasteiger partial charge on any atom is 0.255 e. The maximum absolute atomic E-state index is 13.2. The Morgan fingerprint density at radius 3 is 2.34 bits per heavy atom. The quantitative estimate of drug-likeness (QED) is 0.369. The van der Waals surface area contributed by atoms with Crippen LogP contribution in [0.5, 0.6) is 5.75 Å². The second-order valence-corrected chi connectivity index (χ2v) is 9.25. The second kappa shape index (κ2) is 10.9. The molecule has 1 amide bonds. The minimum Gasteiger partial charge on any atom is -0.507 e. The molecule has 0 aliphatic heterocycles. The van der Waals surface area contributed by atoms with E-state index >= 15 is 0 Å². The van der Waals surface area contributed by atoms with Gasteiger partial charge in [0, 0.05) is 17.1 Å². The van der Waals surface area contributed by atoms with Crippen LogP contribution in [-0.2, 0) is 21.2 Å². The van der Waals surface area contributed by atoms with Gasteiger partial charge in [-0.15, -0.1) is 0 Å². The number of sulfonamides is 1. The average Bonchev–Trinajstić information content (AvgIpc) is 2.79. The Hall–Kier alpha value is -3.20. The largest absolute Gasteiger partial charge is 0.507 e. The number of hydrogen-bond acceptors (Lipinski definition) is 5. The highest BCUT2D eigenvalue weighted by Crippen LogP contribution is 2.19. The molecule has 7 nitrogen and oxygen atoms in total. The fourth-order valence-corrected chi connectivity index (χ4v) is 4.43. The van der Waals surface area contributed by atoms with E-state index in [0.717, 1.165) is 9.87 Å².